The molecule has 96 valence electrons. The third-order valence-electron chi connectivity index (χ3n) is 3.07. The maximum atomic E-state index is 5.08. The topological polar surface area (TPSA) is 80.5 Å². The van der Waals surface area contributed by atoms with E-state index in [1.165, 1.54) is 6.33 Å². The zero-order valence-corrected chi connectivity index (χ0v) is 10.3. The lowest BCUT2D eigenvalue weighted by atomic mass is 10.2. The molecular formula is C14H9N5O. The van der Waals surface area contributed by atoms with Gasteiger partial charge in [-0.1, -0.05) is 0 Å². The van der Waals surface area contributed by atoms with E-state index in [1.54, 1.807) is 24.9 Å². The van der Waals surface area contributed by atoms with E-state index >= 15 is 0 Å². The number of aromatic nitrogens is 5. The minimum Gasteiger partial charge on any atom is -0.472 e. The molecule has 6 heteroatoms. The summed E-state index contributed by atoms with van der Waals surface area (Å²) in [6.45, 7) is 0. The molecule has 0 fully saturated rings. The molecular weight excluding hydrogens is 254 g/mol. The van der Waals surface area contributed by atoms with E-state index in [9.17, 15) is 0 Å². The van der Waals surface area contributed by atoms with Crippen molar-refractivity contribution >= 4 is 11.0 Å². The van der Waals surface area contributed by atoms with Crippen LogP contribution in [0.1, 0.15) is 0 Å². The van der Waals surface area contributed by atoms with Crippen molar-refractivity contribution in [1.29, 1.82) is 0 Å². The van der Waals surface area contributed by atoms with Crippen molar-refractivity contribution in [2.24, 2.45) is 0 Å². The first-order valence-electron chi connectivity index (χ1n) is 6.05. The molecule has 0 aliphatic rings. The summed E-state index contributed by atoms with van der Waals surface area (Å²) in [4.78, 5) is 20.2. The summed E-state index contributed by atoms with van der Waals surface area (Å²) in [5.41, 5.74) is 3.39. The summed E-state index contributed by atoms with van der Waals surface area (Å²) in [5.74, 6) is 0.629. The van der Waals surface area contributed by atoms with Gasteiger partial charge in [-0.05, 0) is 12.1 Å². The molecule has 0 saturated carbocycles. The van der Waals surface area contributed by atoms with E-state index in [1.807, 2.05) is 18.3 Å². The molecule has 0 amide bonds. The largest absolute Gasteiger partial charge is 0.472 e. The second-order valence-corrected chi connectivity index (χ2v) is 4.26. The Morgan fingerprint density at radius 3 is 3.05 bits per heavy atom. The summed E-state index contributed by atoms with van der Waals surface area (Å²) in [6, 6.07) is 3.71. The van der Waals surface area contributed by atoms with Crippen molar-refractivity contribution in [2.75, 3.05) is 0 Å². The zero-order valence-electron chi connectivity index (χ0n) is 10.3. The van der Waals surface area contributed by atoms with Crippen LogP contribution in [0.4, 0.5) is 0 Å². The molecule has 0 aliphatic heterocycles. The van der Waals surface area contributed by atoms with Crippen LogP contribution < -0.4 is 0 Å². The van der Waals surface area contributed by atoms with Gasteiger partial charge in [0.05, 0.1) is 18.2 Å². The van der Waals surface area contributed by atoms with Crippen LogP contribution in [0.25, 0.3) is 33.7 Å². The van der Waals surface area contributed by atoms with Crippen molar-refractivity contribution in [3.05, 3.63) is 49.6 Å². The van der Waals surface area contributed by atoms with Crippen LogP contribution in [0.3, 0.4) is 0 Å². The van der Waals surface area contributed by atoms with Crippen molar-refractivity contribution in [1.82, 2.24) is 24.9 Å². The summed E-state index contributed by atoms with van der Waals surface area (Å²) in [5, 5.41) is 0.900. The highest BCUT2D eigenvalue weighted by molar-refractivity contribution is 5.90. The standard InChI is InChI=1S/C14H9N5O/c1-3-16-14(19-12(1)9-2-4-20-7-9)11-6-17-13-10(11)5-15-8-18-13/h1-8H,(H,15,17,18). The summed E-state index contributed by atoms with van der Waals surface area (Å²) in [6.07, 6.45) is 10.1. The van der Waals surface area contributed by atoms with E-state index in [4.69, 9.17) is 4.42 Å². The number of hydrogen-bond donors (Lipinski definition) is 1. The maximum Gasteiger partial charge on any atom is 0.162 e. The van der Waals surface area contributed by atoms with Gasteiger partial charge in [-0.25, -0.2) is 19.9 Å². The molecule has 0 aliphatic carbocycles. The van der Waals surface area contributed by atoms with E-state index in [2.05, 4.69) is 24.9 Å². The molecule has 4 aromatic heterocycles. The van der Waals surface area contributed by atoms with Crippen LogP contribution in [-0.4, -0.2) is 24.9 Å². The van der Waals surface area contributed by atoms with Crippen LogP contribution in [0.5, 0.6) is 0 Å². The molecule has 0 spiro atoms. The number of aromatic amines is 1. The number of nitrogens with zero attached hydrogens (tertiary/aromatic N) is 4. The summed E-state index contributed by atoms with van der Waals surface area (Å²) >= 11 is 0. The summed E-state index contributed by atoms with van der Waals surface area (Å²) < 4.78 is 5.08. The van der Waals surface area contributed by atoms with Crippen LogP contribution in [0, 0.1) is 0 Å². The SMILES string of the molecule is c1cc(-c2ccoc2)nc(-c2c[nH]c3ncncc23)n1. The first-order chi connectivity index (χ1) is 9.92. The van der Waals surface area contributed by atoms with Crippen LogP contribution in [0.2, 0.25) is 0 Å². The fourth-order valence-corrected chi connectivity index (χ4v) is 2.10. The van der Waals surface area contributed by atoms with Gasteiger partial charge in [-0.15, -0.1) is 0 Å². The average molecular weight is 263 g/mol. The monoisotopic (exact) mass is 263 g/mol. The molecule has 0 aromatic carbocycles. The highest BCUT2D eigenvalue weighted by atomic mass is 16.3. The summed E-state index contributed by atoms with van der Waals surface area (Å²) in [7, 11) is 0. The Kier molecular flexibility index (Phi) is 2.32. The van der Waals surface area contributed by atoms with Gasteiger partial charge in [0, 0.05) is 35.1 Å². The molecule has 1 N–H and O–H groups in total. The average Bonchev–Trinajstić information content (AvgIpc) is 3.17. The van der Waals surface area contributed by atoms with Crippen LogP contribution in [-0.2, 0) is 0 Å². The number of rotatable bonds is 2. The van der Waals surface area contributed by atoms with E-state index in [0.717, 1.165) is 27.9 Å². The lowest BCUT2D eigenvalue weighted by Crippen LogP contribution is -1.90. The molecule has 4 heterocycles. The minimum absolute atomic E-state index is 0.629. The number of hydrogen-bond acceptors (Lipinski definition) is 5. The van der Waals surface area contributed by atoms with Gasteiger partial charge in [-0.3, -0.25) is 0 Å². The Balaban J connectivity index is 1.88. The fraction of sp³-hybridized carbons (Fsp3) is 0. The predicted molar refractivity (Wildman–Crippen MR) is 72.6 cm³/mol. The third-order valence-corrected chi connectivity index (χ3v) is 3.07. The molecule has 0 atom stereocenters. The van der Waals surface area contributed by atoms with Crippen molar-refractivity contribution in [3.8, 4) is 22.6 Å². The predicted octanol–water partition coefficient (Wildman–Crippen LogP) is 2.67. The quantitative estimate of drug-likeness (QED) is 0.601. The van der Waals surface area contributed by atoms with Crippen molar-refractivity contribution < 1.29 is 4.42 Å². The van der Waals surface area contributed by atoms with Gasteiger partial charge in [0.1, 0.15) is 12.0 Å². The Hall–Kier alpha value is -3.02. The van der Waals surface area contributed by atoms with E-state index < -0.39 is 0 Å². The zero-order chi connectivity index (χ0) is 13.4. The van der Waals surface area contributed by atoms with Gasteiger partial charge >= 0.3 is 0 Å². The van der Waals surface area contributed by atoms with Gasteiger partial charge in [0.2, 0.25) is 0 Å². The smallest absolute Gasteiger partial charge is 0.162 e. The lowest BCUT2D eigenvalue weighted by Gasteiger charge is -2.00. The molecule has 0 saturated heterocycles. The second kappa shape index (κ2) is 4.27. The first-order valence-corrected chi connectivity index (χ1v) is 6.05. The fourth-order valence-electron chi connectivity index (χ4n) is 2.10. The molecule has 4 rings (SSSR count). The second-order valence-electron chi connectivity index (χ2n) is 4.26. The Labute approximate surface area is 113 Å². The van der Waals surface area contributed by atoms with Crippen LogP contribution in [0.15, 0.2) is 54.0 Å². The van der Waals surface area contributed by atoms with E-state index in [-0.39, 0.29) is 0 Å². The Bertz CT molecular complexity index is 866. The highest BCUT2D eigenvalue weighted by Crippen LogP contribution is 2.26. The Morgan fingerprint density at radius 1 is 1.15 bits per heavy atom. The molecule has 0 radical (unpaired) electrons. The molecule has 0 bridgehead atoms. The molecule has 20 heavy (non-hydrogen) atoms. The molecule has 4 aromatic rings. The third kappa shape index (κ3) is 1.66. The maximum absolute atomic E-state index is 5.08. The van der Waals surface area contributed by atoms with Gasteiger partial charge in [0.25, 0.3) is 0 Å². The number of fused-ring (bicyclic) bond motifs is 1. The highest BCUT2D eigenvalue weighted by Gasteiger charge is 2.11. The van der Waals surface area contributed by atoms with E-state index in [0.29, 0.717) is 5.82 Å². The number of furan rings is 1. The van der Waals surface area contributed by atoms with Gasteiger partial charge in [0.15, 0.2) is 5.82 Å². The molecule has 6 nitrogen and oxygen atoms in total. The normalized spacial score (nSPS) is 11.0. The lowest BCUT2D eigenvalue weighted by molar-refractivity contribution is 0.568. The Morgan fingerprint density at radius 2 is 2.15 bits per heavy atom. The number of nitrogens with one attached hydrogen (secondary N) is 1. The minimum atomic E-state index is 0.629. The first kappa shape index (κ1) is 10.9. The van der Waals surface area contributed by atoms with Gasteiger partial charge < -0.3 is 9.40 Å². The number of H-pyrrole nitrogens is 1. The van der Waals surface area contributed by atoms with Gasteiger partial charge in [-0.2, -0.15) is 0 Å². The molecule has 0 unspecified atom stereocenters. The van der Waals surface area contributed by atoms with Crippen LogP contribution >= 0.6 is 0 Å². The van der Waals surface area contributed by atoms with Crippen molar-refractivity contribution in [3.63, 3.8) is 0 Å². The van der Waals surface area contributed by atoms with Crippen molar-refractivity contribution in [2.45, 2.75) is 0 Å².